The summed E-state index contributed by atoms with van der Waals surface area (Å²) in [5, 5.41) is 0. The first-order valence-corrected chi connectivity index (χ1v) is 7.03. The van der Waals surface area contributed by atoms with Crippen molar-refractivity contribution in [2.75, 3.05) is 11.4 Å². The number of rotatable bonds is 1. The first kappa shape index (κ1) is 12.5. The maximum absolute atomic E-state index is 12.6. The Morgan fingerprint density at radius 3 is 2.79 bits per heavy atom. The summed E-state index contributed by atoms with van der Waals surface area (Å²) in [6, 6.07) is 7.90. The lowest BCUT2D eigenvalue weighted by atomic mass is 10.1. The Labute approximate surface area is 120 Å². The molecule has 0 saturated heterocycles. The van der Waals surface area contributed by atoms with Crippen molar-refractivity contribution in [3.8, 4) is 0 Å². The fraction of sp³-hybridized carbons (Fsp3) is 0.267. The standard InChI is InChI=1S/C15H14BrNO2/c1-9-7-13(10(2)19-9)15(18)17-6-5-11-3-4-12(16)8-14(11)17/h3-4,7-8H,5-6H2,1-2H3. The van der Waals surface area contributed by atoms with Gasteiger partial charge < -0.3 is 9.32 Å². The summed E-state index contributed by atoms with van der Waals surface area (Å²) >= 11 is 3.46. The highest BCUT2D eigenvalue weighted by Gasteiger charge is 2.27. The summed E-state index contributed by atoms with van der Waals surface area (Å²) in [6.07, 6.45) is 0.907. The average molecular weight is 320 g/mol. The van der Waals surface area contributed by atoms with Crippen molar-refractivity contribution in [3.63, 3.8) is 0 Å². The molecule has 1 aromatic carbocycles. The Hall–Kier alpha value is -1.55. The van der Waals surface area contributed by atoms with Crippen molar-refractivity contribution >= 4 is 27.5 Å². The van der Waals surface area contributed by atoms with Gasteiger partial charge in [0.1, 0.15) is 11.5 Å². The van der Waals surface area contributed by atoms with Gasteiger partial charge in [-0.05, 0) is 44.0 Å². The second-order valence-corrected chi connectivity index (χ2v) is 5.72. The van der Waals surface area contributed by atoms with E-state index in [9.17, 15) is 4.79 Å². The minimum Gasteiger partial charge on any atom is -0.466 e. The molecule has 2 aromatic rings. The van der Waals surface area contributed by atoms with Gasteiger partial charge in [-0.3, -0.25) is 4.79 Å². The number of anilines is 1. The van der Waals surface area contributed by atoms with Gasteiger partial charge in [-0.2, -0.15) is 0 Å². The fourth-order valence-corrected chi connectivity index (χ4v) is 2.90. The zero-order valence-corrected chi connectivity index (χ0v) is 12.5. The van der Waals surface area contributed by atoms with E-state index >= 15 is 0 Å². The molecule has 3 nitrogen and oxygen atoms in total. The minimum absolute atomic E-state index is 0.0196. The van der Waals surface area contributed by atoms with Crippen LogP contribution >= 0.6 is 15.9 Å². The van der Waals surface area contributed by atoms with Gasteiger partial charge in [0.2, 0.25) is 0 Å². The molecule has 0 radical (unpaired) electrons. The highest BCUT2D eigenvalue weighted by atomic mass is 79.9. The Morgan fingerprint density at radius 1 is 1.32 bits per heavy atom. The molecule has 4 heteroatoms. The second kappa shape index (κ2) is 4.53. The van der Waals surface area contributed by atoms with Crippen LogP contribution in [0.15, 0.2) is 33.2 Å². The summed E-state index contributed by atoms with van der Waals surface area (Å²) in [4.78, 5) is 14.4. The smallest absolute Gasteiger partial charge is 0.261 e. The summed E-state index contributed by atoms with van der Waals surface area (Å²) in [5.74, 6) is 1.48. The van der Waals surface area contributed by atoms with Crippen molar-refractivity contribution in [2.24, 2.45) is 0 Å². The molecule has 3 rings (SSSR count). The molecular weight excluding hydrogens is 306 g/mol. The lowest BCUT2D eigenvalue weighted by Crippen LogP contribution is -2.29. The number of hydrogen-bond acceptors (Lipinski definition) is 2. The maximum Gasteiger partial charge on any atom is 0.261 e. The van der Waals surface area contributed by atoms with Gasteiger partial charge in [0, 0.05) is 16.7 Å². The molecule has 0 unspecified atom stereocenters. The Bertz CT molecular complexity index is 660. The first-order chi connectivity index (χ1) is 9.06. The largest absolute Gasteiger partial charge is 0.466 e. The van der Waals surface area contributed by atoms with E-state index in [0.29, 0.717) is 11.3 Å². The highest BCUT2D eigenvalue weighted by Crippen LogP contribution is 2.32. The summed E-state index contributed by atoms with van der Waals surface area (Å²) < 4.78 is 6.44. The molecule has 2 heterocycles. The molecule has 98 valence electrons. The molecule has 0 spiro atoms. The summed E-state index contributed by atoms with van der Waals surface area (Å²) in [6.45, 7) is 4.42. The van der Waals surface area contributed by atoms with Gasteiger partial charge in [-0.25, -0.2) is 0 Å². The number of nitrogens with zero attached hydrogens (tertiary/aromatic N) is 1. The molecule has 0 fully saturated rings. The third-order valence-corrected chi connectivity index (χ3v) is 3.95. The van der Waals surface area contributed by atoms with Gasteiger partial charge in [-0.1, -0.05) is 22.0 Å². The zero-order valence-electron chi connectivity index (χ0n) is 10.9. The van der Waals surface area contributed by atoms with E-state index < -0.39 is 0 Å². The van der Waals surface area contributed by atoms with E-state index in [4.69, 9.17) is 4.42 Å². The van der Waals surface area contributed by atoms with Gasteiger partial charge in [0.15, 0.2) is 0 Å². The van der Waals surface area contributed by atoms with E-state index in [1.807, 2.05) is 36.9 Å². The van der Waals surface area contributed by atoms with Crippen LogP contribution in [-0.4, -0.2) is 12.5 Å². The number of amides is 1. The number of halogens is 1. The van der Waals surface area contributed by atoms with Gasteiger partial charge in [-0.15, -0.1) is 0 Å². The predicted molar refractivity (Wildman–Crippen MR) is 77.7 cm³/mol. The quantitative estimate of drug-likeness (QED) is 0.799. The molecule has 1 amide bonds. The summed E-state index contributed by atoms with van der Waals surface area (Å²) in [5.41, 5.74) is 2.87. The molecule has 1 aromatic heterocycles. The van der Waals surface area contributed by atoms with Gasteiger partial charge in [0.05, 0.1) is 5.56 Å². The maximum atomic E-state index is 12.6. The van der Waals surface area contributed by atoms with Crippen molar-refractivity contribution in [1.82, 2.24) is 0 Å². The van der Waals surface area contributed by atoms with Crippen LogP contribution in [0, 0.1) is 13.8 Å². The lowest BCUT2D eigenvalue weighted by molar-refractivity contribution is 0.0988. The molecule has 0 N–H and O–H groups in total. The van der Waals surface area contributed by atoms with Crippen LogP contribution in [0.2, 0.25) is 0 Å². The van der Waals surface area contributed by atoms with Crippen molar-refractivity contribution in [1.29, 1.82) is 0 Å². The zero-order chi connectivity index (χ0) is 13.6. The monoisotopic (exact) mass is 319 g/mol. The number of fused-ring (bicyclic) bond motifs is 1. The van der Waals surface area contributed by atoms with Crippen LogP contribution in [0.4, 0.5) is 5.69 Å². The molecule has 0 saturated carbocycles. The number of aryl methyl sites for hydroxylation is 2. The topological polar surface area (TPSA) is 33.5 Å². The number of hydrogen-bond donors (Lipinski definition) is 0. The number of carbonyl (C=O) groups excluding carboxylic acids is 1. The molecule has 0 bridgehead atoms. The molecule has 0 atom stereocenters. The van der Waals surface area contributed by atoms with E-state index in [0.717, 1.165) is 28.9 Å². The third kappa shape index (κ3) is 2.10. The van der Waals surface area contributed by atoms with Crippen LogP contribution in [-0.2, 0) is 6.42 Å². The normalized spacial score (nSPS) is 13.7. The van der Waals surface area contributed by atoms with Gasteiger partial charge in [0.25, 0.3) is 5.91 Å². The number of benzene rings is 1. The highest BCUT2D eigenvalue weighted by molar-refractivity contribution is 9.10. The Morgan fingerprint density at radius 2 is 2.11 bits per heavy atom. The van der Waals surface area contributed by atoms with Crippen LogP contribution < -0.4 is 4.90 Å². The second-order valence-electron chi connectivity index (χ2n) is 4.81. The van der Waals surface area contributed by atoms with Crippen LogP contribution in [0.1, 0.15) is 27.4 Å². The van der Waals surface area contributed by atoms with Crippen molar-refractivity contribution < 1.29 is 9.21 Å². The van der Waals surface area contributed by atoms with E-state index in [1.165, 1.54) is 5.56 Å². The van der Waals surface area contributed by atoms with Crippen LogP contribution in [0.5, 0.6) is 0 Å². The van der Waals surface area contributed by atoms with Crippen molar-refractivity contribution in [2.45, 2.75) is 20.3 Å². The molecule has 1 aliphatic heterocycles. The van der Waals surface area contributed by atoms with Crippen molar-refractivity contribution in [3.05, 3.63) is 51.4 Å². The first-order valence-electron chi connectivity index (χ1n) is 6.23. The summed E-state index contributed by atoms with van der Waals surface area (Å²) in [7, 11) is 0. The van der Waals surface area contributed by atoms with Gasteiger partial charge >= 0.3 is 0 Å². The van der Waals surface area contributed by atoms with E-state index in [1.54, 1.807) is 0 Å². The third-order valence-electron chi connectivity index (χ3n) is 3.46. The fourth-order valence-electron chi connectivity index (χ4n) is 2.55. The molecule has 19 heavy (non-hydrogen) atoms. The van der Waals surface area contributed by atoms with E-state index in [2.05, 4.69) is 22.0 Å². The SMILES string of the molecule is Cc1cc(C(=O)N2CCc3ccc(Br)cc32)c(C)o1. The number of carbonyl (C=O) groups is 1. The predicted octanol–water partition coefficient (Wildman–Crippen LogP) is 3.86. The number of furan rings is 1. The lowest BCUT2D eigenvalue weighted by Gasteiger charge is -2.17. The van der Waals surface area contributed by atoms with Crippen LogP contribution in [0.25, 0.3) is 0 Å². The van der Waals surface area contributed by atoms with Crippen LogP contribution in [0.3, 0.4) is 0 Å². The Balaban J connectivity index is 2.00. The minimum atomic E-state index is 0.0196. The average Bonchev–Trinajstić information content (AvgIpc) is 2.91. The molecule has 1 aliphatic rings. The molecule has 0 aliphatic carbocycles. The van der Waals surface area contributed by atoms with E-state index in [-0.39, 0.29) is 5.91 Å². The Kier molecular flexibility index (Phi) is 2.97. The molecular formula is C15H14BrNO2.